The molecule has 1 atom stereocenters. The summed E-state index contributed by atoms with van der Waals surface area (Å²) in [5, 5.41) is 3.46. The SMILES string of the molecule is CCOC(=O)C1(NC(C)c2ccccc2)CCC1. The van der Waals surface area contributed by atoms with Crippen LogP contribution < -0.4 is 5.32 Å². The molecule has 1 unspecified atom stereocenters. The molecular formula is C15H21NO2. The summed E-state index contributed by atoms with van der Waals surface area (Å²) in [6.07, 6.45) is 2.85. The number of carbonyl (C=O) groups excluding carboxylic acids is 1. The van der Waals surface area contributed by atoms with Crippen molar-refractivity contribution in [3.63, 3.8) is 0 Å². The van der Waals surface area contributed by atoms with Gasteiger partial charge in [0.2, 0.25) is 0 Å². The first-order valence-electron chi connectivity index (χ1n) is 6.68. The Bertz CT molecular complexity index is 398. The van der Waals surface area contributed by atoms with Crippen LogP contribution in [0.4, 0.5) is 0 Å². The van der Waals surface area contributed by atoms with Crippen molar-refractivity contribution in [2.45, 2.75) is 44.7 Å². The second kappa shape index (κ2) is 5.53. The maximum atomic E-state index is 12.0. The minimum absolute atomic E-state index is 0.0981. The van der Waals surface area contributed by atoms with Crippen molar-refractivity contribution in [1.29, 1.82) is 0 Å². The molecule has 0 bridgehead atoms. The van der Waals surface area contributed by atoms with Gasteiger partial charge < -0.3 is 4.74 Å². The zero-order chi connectivity index (χ0) is 13.0. The Kier molecular flexibility index (Phi) is 4.02. The predicted molar refractivity (Wildman–Crippen MR) is 71.2 cm³/mol. The van der Waals surface area contributed by atoms with Gasteiger partial charge in [-0.1, -0.05) is 30.3 Å². The maximum Gasteiger partial charge on any atom is 0.326 e. The number of esters is 1. The molecule has 1 aliphatic carbocycles. The number of carbonyl (C=O) groups is 1. The predicted octanol–water partition coefficient (Wildman–Crippen LogP) is 2.82. The molecule has 0 heterocycles. The van der Waals surface area contributed by atoms with Crippen LogP contribution >= 0.6 is 0 Å². The van der Waals surface area contributed by atoms with Crippen LogP contribution in [0.1, 0.15) is 44.7 Å². The van der Waals surface area contributed by atoms with Crippen LogP contribution in [0.2, 0.25) is 0 Å². The standard InChI is InChI=1S/C15H21NO2/c1-3-18-14(17)15(10-7-11-15)16-12(2)13-8-5-4-6-9-13/h4-6,8-9,12,16H,3,7,10-11H2,1-2H3. The van der Waals surface area contributed by atoms with Gasteiger partial charge in [-0.15, -0.1) is 0 Å². The highest BCUT2D eigenvalue weighted by molar-refractivity contribution is 5.82. The zero-order valence-electron chi connectivity index (χ0n) is 11.1. The molecule has 1 aromatic carbocycles. The third-order valence-corrected chi connectivity index (χ3v) is 3.67. The number of ether oxygens (including phenoxy) is 1. The van der Waals surface area contributed by atoms with Crippen LogP contribution in [0.5, 0.6) is 0 Å². The second-order valence-electron chi connectivity index (χ2n) is 4.93. The van der Waals surface area contributed by atoms with Gasteiger partial charge in [-0.3, -0.25) is 10.1 Å². The molecule has 3 heteroatoms. The van der Waals surface area contributed by atoms with E-state index < -0.39 is 5.54 Å². The van der Waals surface area contributed by atoms with Gasteiger partial charge in [0.1, 0.15) is 5.54 Å². The van der Waals surface area contributed by atoms with E-state index >= 15 is 0 Å². The molecule has 0 amide bonds. The summed E-state index contributed by atoms with van der Waals surface area (Å²) < 4.78 is 5.18. The highest BCUT2D eigenvalue weighted by atomic mass is 16.5. The summed E-state index contributed by atoms with van der Waals surface area (Å²) in [6.45, 7) is 4.39. The average molecular weight is 247 g/mol. The molecule has 0 aromatic heterocycles. The first-order valence-corrected chi connectivity index (χ1v) is 6.68. The lowest BCUT2D eigenvalue weighted by atomic mass is 9.76. The van der Waals surface area contributed by atoms with Gasteiger partial charge in [-0.05, 0) is 38.7 Å². The molecule has 1 N–H and O–H groups in total. The molecule has 1 fully saturated rings. The molecule has 2 rings (SSSR count). The van der Waals surface area contributed by atoms with E-state index in [9.17, 15) is 4.79 Å². The highest BCUT2D eigenvalue weighted by Crippen LogP contribution is 2.35. The van der Waals surface area contributed by atoms with E-state index in [2.05, 4.69) is 24.4 Å². The number of hydrogen-bond acceptors (Lipinski definition) is 3. The lowest BCUT2D eigenvalue weighted by Gasteiger charge is -2.42. The van der Waals surface area contributed by atoms with E-state index in [1.54, 1.807) is 0 Å². The number of benzene rings is 1. The van der Waals surface area contributed by atoms with Gasteiger partial charge in [0.25, 0.3) is 0 Å². The number of hydrogen-bond donors (Lipinski definition) is 1. The minimum atomic E-state index is -0.453. The topological polar surface area (TPSA) is 38.3 Å². The Morgan fingerprint density at radius 1 is 1.39 bits per heavy atom. The normalized spacial score (nSPS) is 18.8. The molecule has 0 radical (unpaired) electrons. The minimum Gasteiger partial charge on any atom is -0.465 e. The Morgan fingerprint density at radius 2 is 2.06 bits per heavy atom. The van der Waals surface area contributed by atoms with Crippen molar-refractivity contribution < 1.29 is 9.53 Å². The van der Waals surface area contributed by atoms with Crippen LogP contribution in [0.3, 0.4) is 0 Å². The summed E-state index contributed by atoms with van der Waals surface area (Å²) in [6, 6.07) is 10.4. The molecule has 3 nitrogen and oxygen atoms in total. The van der Waals surface area contributed by atoms with E-state index in [1.165, 1.54) is 5.56 Å². The monoisotopic (exact) mass is 247 g/mol. The molecule has 98 valence electrons. The molecule has 1 saturated carbocycles. The fraction of sp³-hybridized carbons (Fsp3) is 0.533. The summed E-state index contributed by atoms with van der Waals surface area (Å²) in [5.74, 6) is -0.0981. The first kappa shape index (κ1) is 13.1. The average Bonchev–Trinajstić information content (AvgIpc) is 2.35. The van der Waals surface area contributed by atoms with Gasteiger partial charge in [0.15, 0.2) is 0 Å². The summed E-state index contributed by atoms with van der Waals surface area (Å²) in [4.78, 5) is 12.0. The summed E-state index contributed by atoms with van der Waals surface area (Å²) in [5.41, 5.74) is 0.749. The van der Waals surface area contributed by atoms with Crippen molar-refractivity contribution >= 4 is 5.97 Å². The Morgan fingerprint density at radius 3 is 2.56 bits per heavy atom. The fourth-order valence-corrected chi connectivity index (χ4v) is 2.45. The third kappa shape index (κ3) is 2.56. The lowest BCUT2D eigenvalue weighted by Crippen LogP contribution is -2.58. The van der Waals surface area contributed by atoms with Crippen molar-refractivity contribution in [3.05, 3.63) is 35.9 Å². The van der Waals surface area contributed by atoms with Gasteiger partial charge in [0.05, 0.1) is 6.61 Å². The third-order valence-electron chi connectivity index (χ3n) is 3.67. The number of rotatable bonds is 5. The van der Waals surface area contributed by atoms with E-state index in [0.29, 0.717) is 6.61 Å². The first-order chi connectivity index (χ1) is 8.68. The van der Waals surface area contributed by atoms with Crippen LogP contribution in [0.25, 0.3) is 0 Å². The van der Waals surface area contributed by atoms with E-state index in [-0.39, 0.29) is 12.0 Å². The highest BCUT2D eigenvalue weighted by Gasteiger charge is 2.46. The van der Waals surface area contributed by atoms with Gasteiger partial charge >= 0.3 is 5.97 Å². The van der Waals surface area contributed by atoms with Crippen molar-refractivity contribution in [3.8, 4) is 0 Å². The zero-order valence-corrected chi connectivity index (χ0v) is 11.1. The molecule has 0 spiro atoms. The Labute approximate surface area is 109 Å². The second-order valence-corrected chi connectivity index (χ2v) is 4.93. The van der Waals surface area contributed by atoms with E-state index in [0.717, 1.165) is 19.3 Å². The molecule has 0 aliphatic heterocycles. The fourth-order valence-electron chi connectivity index (χ4n) is 2.45. The van der Waals surface area contributed by atoms with Crippen LogP contribution in [0, 0.1) is 0 Å². The lowest BCUT2D eigenvalue weighted by molar-refractivity contribution is -0.155. The van der Waals surface area contributed by atoms with Gasteiger partial charge in [-0.25, -0.2) is 0 Å². The Hall–Kier alpha value is -1.35. The van der Waals surface area contributed by atoms with Crippen LogP contribution in [-0.2, 0) is 9.53 Å². The van der Waals surface area contributed by atoms with Crippen molar-refractivity contribution in [1.82, 2.24) is 5.32 Å². The Balaban J connectivity index is 2.04. The van der Waals surface area contributed by atoms with Gasteiger partial charge in [0, 0.05) is 6.04 Å². The van der Waals surface area contributed by atoms with E-state index in [1.807, 2.05) is 25.1 Å². The smallest absolute Gasteiger partial charge is 0.326 e. The van der Waals surface area contributed by atoms with E-state index in [4.69, 9.17) is 4.74 Å². The van der Waals surface area contributed by atoms with Crippen LogP contribution in [-0.4, -0.2) is 18.1 Å². The van der Waals surface area contributed by atoms with Crippen molar-refractivity contribution in [2.75, 3.05) is 6.61 Å². The largest absolute Gasteiger partial charge is 0.465 e. The van der Waals surface area contributed by atoms with Gasteiger partial charge in [-0.2, -0.15) is 0 Å². The molecule has 18 heavy (non-hydrogen) atoms. The maximum absolute atomic E-state index is 12.0. The molecular weight excluding hydrogens is 226 g/mol. The summed E-state index contributed by atoms with van der Waals surface area (Å²) in [7, 11) is 0. The molecule has 1 aromatic rings. The molecule has 1 aliphatic rings. The molecule has 0 saturated heterocycles. The van der Waals surface area contributed by atoms with Crippen molar-refractivity contribution in [2.24, 2.45) is 0 Å². The quantitative estimate of drug-likeness (QED) is 0.813. The number of nitrogens with one attached hydrogen (secondary N) is 1. The van der Waals surface area contributed by atoms with Crippen LogP contribution in [0.15, 0.2) is 30.3 Å². The summed E-state index contributed by atoms with van der Waals surface area (Å²) >= 11 is 0.